The van der Waals surface area contributed by atoms with Crippen molar-refractivity contribution in [2.75, 3.05) is 19.6 Å². The van der Waals surface area contributed by atoms with Gasteiger partial charge in [0.2, 0.25) is 0 Å². The first-order valence-corrected chi connectivity index (χ1v) is 7.15. The molecule has 0 saturated carbocycles. The van der Waals surface area contributed by atoms with Gasteiger partial charge >= 0.3 is 6.03 Å². The Balaban J connectivity index is 1.78. The maximum absolute atomic E-state index is 11.8. The molecule has 3 N–H and O–H groups in total. The first kappa shape index (κ1) is 12.5. The first-order chi connectivity index (χ1) is 9.28. The number of nitrogens with one attached hydrogen (secondary N) is 1. The van der Waals surface area contributed by atoms with Gasteiger partial charge in [0, 0.05) is 19.6 Å². The largest absolute Gasteiger partial charge is 0.329 e. The summed E-state index contributed by atoms with van der Waals surface area (Å²) in [5.74, 6) is 0. The van der Waals surface area contributed by atoms with E-state index in [0.717, 1.165) is 6.54 Å². The Morgan fingerprint density at radius 2 is 2.05 bits per heavy atom. The van der Waals surface area contributed by atoms with Crippen molar-refractivity contribution in [2.45, 2.75) is 31.7 Å². The summed E-state index contributed by atoms with van der Waals surface area (Å²) < 4.78 is 0. The molecule has 102 valence electrons. The van der Waals surface area contributed by atoms with Gasteiger partial charge in [0.15, 0.2) is 0 Å². The molecule has 1 fully saturated rings. The third-order valence-corrected chi connectivity index (χ3v) is 4.16. The van der Waals surface area contributed by atoms with Gasteiger partial charge in [-0.3, -0.25) is 0 Å². The minimum Gasteiger partial charge on any atom is -0.329 e. The summed E-state index contributed by atoms with van der Waals surface area (Å²) in [6, 6.07) is 6.81. The highest BCUT2D eigenvalue weighted by atomic mass is 16.2. The van der Waals surface area contributed by atoms with Crippen molar-refractivity contribution in [1.29, 1.82) is 0 Å². The molecule has 1 aliphatic heterocycles. The van der Waals surface area contributed by atoms with Crippen LogP contribution in [-0.2, 0) is 12.8 Å². The van der Waals surface area contributed by atoms with Crippen LogP contribution in [0.4, 0.5) is 4.79 Å². The second-order valence-corrected chi connectivity index (χ2v) is 5.47. The Bertz CT molecular complexity index is 486. The Hall–Kier alpha value is -1.55. The zero-order chi connectivity index (χ0) is 13.2. The molecule has 0 aromatic heterocycles. The number of hydrogen-bond acceptors (Lipinski definition) is 2. The van der Waals surface area contributed by atoms with E-state index in [-0.39, 0.29) is 12.1 Å². The van der Waals surface area contributed by atoms with Crippen molar-refractivity contribution in [2.24, 2.45) is 5.73 Å². The molecule has 4 nitrogen and oxygen atoms in total. The Labute approximate surface area is 114 Å². The minimum atomic E-state index is 0.00757. The zero-order valence-corrected chi connectivity index (χ0v) is 11.2. The van der Waals surface area contributed by atoms with E-state index in [1.165, 1.54) is 42.4 Å². The lowest BCUT2D eigenvalue weighted by molar-refractivity contribution is 0.218. The van der Waals surface area contributed by atoms with Gasteiger partial charge < -0.3 is 16.0 Å². The van der Waals surface area contributed by atoms with Gasteiger partial charge in [-0.05, 0) is 42.4 Å². The van der Waals surface area contributed by atoms with Gasteiger partial charge in [-0.25, -0.2) is 4.79 Å². The average molecular weight is 259 g/mol. The van der Waals surface area contributed by atoms with Crippen LogP contribution in [0.15, 0.2) is 18.2 Å². The van der Waals surface area contributed by atoms with Crippen molar-refractivity contribution >= 4 is 6.03 Å². The maximum Gasteiger partial charge on any atom is 0.318 e. The summed E-state index contributed by atoms with van der Waals surface area (Å²) >= 11 is 0. The molecule has 1 saturated heterocycles. The molecule has 2 amide bonds. The van der Waals surface area contributed by atoms with Gasteiger partial charge in [0.1, 0.15) is 0 Å². The van der Waals surface area contributed by atoms with E-state index in [2.05, 4.69) is 23.5 Å². The minimum absolute atomic E-state index is 0.00757. The third kappa shape index (κ3) is 2.45. The second kappa shape index (κ2) is 5.21. The van der Waals surface area contributed by atoms with Crippen LogP contribution < -0.4 is 11.1 Å². The number of hydrogen-bond donors (Lipinski definition) is 2. The lowest BCUT2D eigenvalue weighted by atomic mass is 9.89. The van der Waals surface area contributed by atoms with Gasteiger partial charge in [0.25, 0.3) is 0 Å². The van der Waals surface area contributed by atoms with E-state index in [4.69, 9.17) is 5.73 Å². The zero-order valence-electron chi connectivity index (χ0n) is 11.2. The Morgan fingerprint density at radius 3 is 2.84 bits per heavy atom. The molecule has 3 rings (SSSR count). The molecular formula is C15H21N3O. The van der Waals surface area contributed by atoms with Crippen molar-refractivity contribution in [3.05, 3.63) is 34.9 Å². The van der Waals surface area contributed by atoms with Crippen LogP contribution in [-0.4, -0.2) is 30.6 Å². The third-order valence-electron chi connectivity index (χ3n) is 4.16. The number of nitrogens with two attached hydrogens (primary N) is 1. The predicted molar refractivity (Wildman–Crippen MR) is 75.0 cm³/mol. The molecule has 19 heavy (non-hydrogen) atoms. The fourth-order valence-electron chi connectivity index (χ4n) is 3.10. The van der Waals surface area contributed by atoms with Crippen LogP contribution in [0.1, 0.15) is 35.6 Å². The van der Waals surface area contributed by atoms with Crippen molar-refractivity contribution in [1.82, 2.24) is 10.2 Å². The lowest BCUT2D eigenvalue weighted by Crippen LogP contribution is -2.32. The molecular weight excluding hydrogens is 238 g/mol. The summed E-state index contributed by atoms with van der Waals surface area (Å²) in [5.41, 5.74) is 9.71. The second-order valence-electron chi connectivity index (χ2n) is 5.47. The highest BCUT2D eigenvalue weighted by Gasteiger charge is 2.29. The van der Waals surface area contributed by atoms with E-state index in [9.17, 15) is 4.79 Å². The van der Waals surface area contributed by atoms with Gasteiger partial charge in [-0.15, -0.1) is 0 Å². The number of carbonyl (C=O) groups is 1. The van der Waals surface area contributed by atoms with Crippen LogP contribution in [0.5, 0.6) is 0 Å². The van der Waals surface area contributed by atoms with Gasteiger partial charge in [-0.1, -0.05) is 18.2 Å². The summed E-state index contributed by atoms with van der Waals surface area (Å²) in [6.45, 7) is 1.88. The summed E-state index contributed by atoms with van der Waals surface area (Å²) in [7, 11) is 0. The average Bonchev–Trinajstić information content (AvgIpc) is 2.80. The SMILES string of the molecule is NCCN1CC(c2ccc3c(c2)CCCC3)NC1=O. The van der Waals surface area contributed by atoms with Gasteiger partial charge in [0.05, 0.1) is 6.04 Å². The normalized spacial score (nSPS) is 22.3. The van der Waals surface area contributed by atoms with Crippen LogP contribution in [0.2, 0.25) is 0 Å². The molecule has 1 unspecified atom stereocenters. The first-order valence-electron chi connectivity index (χ1n) is 7.15. The van der Waals surface area contributed by atoms with Crippen molar-refractivity contribution < 1.29 is 4.79 Å². The summed E-state index contributed by atoms with van der Waals surface area (Å²) in [4.78, 5) is 13.6. The van der Waals surface area contributed by atoms with E-state index >= 15 is 0 Å². The fourth-order valence-corrected chi connectivity index (χ4v) is 3.10. The number of nitrogens with zero attached hydrogens (tertiary/aromatic N) is 1. The predicted octanol–water partition coefficient (Wildman–Crippen LogP) is 1.59. The molecule has 1 heterocycles. The lowest BCUT2D eigenvalue weighted by Gasteiger charge is -2.19. The number of benzene rings is 1. The van der Waals surface area contributed by atoms with Crippen LogP contribution in [0.3, 0.4) is 0 Å². The molecule has 4 heteroatoms. The molecule has 1 aromatic rings. The molecule has 1 atom stereocenters. The van der Waals surface area contributed by atoms with E-state index in [1.807, 2.05) is 0 Å². The number of rotatable bonds is 3. The van der Waals surface area contributed by atoms with Crippen LogP contribution >= 0.6 is 0 Å². The molecule has 0 bridgehead atoms. The number of urea groups is 1. The molecule has 1 aliphatic carbocycles. The molecule has 1 aromatic carbocycles. The number of amides is 2. The topological polar surface area (TPSA) is 58.4 Å². The monoisotopic (exact) mass is 259 g/mol. The van der Waals surface area contributed by atoms with Crippen molar-refractivity contribution in [3.8, 4) is 0 Å². The van der Waals surface area contributed by atoms with Crippen LogP contribution in [0.25, 0.3) is 0 Å². The standard InChI is InChI=1S/C15H21N3O/c16-7-8-18-10-14(17-15(18)19)13-6-5-11-3-1-2-4-12(11)9-13/h5-6,9,14H,1-4,7-8,10,16H2,(H,17,19). The quantitative estimate of drug-likeness (QED) is 0.866. The molecule has 2 aliphatic rings. The fraction of sp³-hybridized carbons (Fsp3) is 0.533. The smallest absolute Gasteiger partial charge is 0.318 e. The van der Waals surface area contributed by atoms with E-state index in [0.29, 0.717) is 13.1 Å². The van der Waals surface area contributed by atoms with Crippen molar-refractivity contribution in [3.63, 3.8) is 0 Å². The Kier molecular flexibility index (Phi) is 3.42. The summed E-state index contributed by atoms with van der Waals surface area (Å²) in [5, 5.41) is 3.04. The highest BCUT2D eigenvalue weighted by molar-refractivity contribution is 5.77. The van der Waals surface area contributed by atoms with Crippen LogP contribution in [0, 0.1) is 0 Å². The molecule has 0 spiro atoms. The Morgan fingerprint density at radius 1 is 1.26 bits per heavy atom. The van der Waals surface area contributed by atoms with E-state index in [1.54, 1.807) is 4.90 Å². The number of aryl methyl sites for hydroxylation is 2. The maximum atomic E-state index is 11.8. The van der Waals surface area contributed by atoms with Gasteiger partial charge in [-0.2, -0.15) is 0 Å². The number of carbonyl (C=O) groups excluding carboxylic acids is 1. The molecule has 0 radical (unpaired) electrons. The van der Waals surface area contributed by atoms with E-state index < -0.39 is 0 Å². The summed E-state index contributed by atoms with van der Waals surface area (Å²) in [6.07, 6.45) is 4.96. The number of fused-ring (bicyclic) bond motifs is 1. The highest BCUT2D eigenvalue weighted by Crippen LogP contribution is 2.26.